The van der Waals surface area contributed by atoms with Crippen LogP contribution in [-0.4, -0.2) is 16.3 Å². The van der Waals surface area contributed by atoms with Crippen molar-refractivity contribution in [2.45, 2.75) is 70.8 Å². The highest BCUT2D eigenvalue weighted by molar-refractivity contribution is 5.41. The summed E-state index contributed by atoms with van der Waals surface area (Å²) >= 11 is 0. The van der Waals surface area contributed by atoms with E-state index in [1.165, 1.54) is 36.8 Å². The monoisotopic (exact) mass is 300 g/mol. The third kappa shape index (κ3) is 1.71. The number of aliphatic hydroxyl groups excluding tert-OH is 1. The summed E-state index contributed by atoms with van der Waals surface area (Å²) in [6.07, 6.45) is 7.91. The van der Waals surface area contributed by atoms with E-state index in [1.54, 1.807) is 0 Å². The number of benzene rings is 1. The molecular formula is C20H28O2. The Kier molecular flexibility index (Phi) is 3.14. The van der Waals surface area contributed by atoms with Crippen LogP contribution in [-0.2, 0) is 6.42 Å². The molecule has 0 unspecified atom stereocenters. The van der Waals surface area contributed by atoms with Crippen molar-refractivity contribution in [1.29, 1.82) is 0 Å². The Balaban J connectivity index is 1.81. The number of aryl methyl sites for hydroxylation is 1. The highest BCUT2D eigenvalue weighted by atomic mass is 16.3. The standard InChI is InChI=1S/C20H28O2/c1-3-20-11-8-13-12-14(21)4-5-15(13)16(20)9-10-19(2)17(20)6-7-18(19)22/h4-5,12,16-18,21-22H,3,6-11H2,1-2H3/t16-,17-,18+,19+,20-/m1/s1. The predicted octanol–water partition coefficient (Wildman–Crippen LogP) is 4.39. The van der Waals surface area contributed by atoms with Crippen molar-refractivity contribution < 1.29 is 10.2 Å². The summed E-state index contributed by atoms with van der Waals surface area (Å²) in [6, 6.07) is 6.01. The molecule has 3 aliphatic rings. The molecule has 120 valence electrons. The lowest BCUT2D eigenvalue weighted by atomic mass is 9.46. The maximum absolute atomic E-state index is 10.6. The largest absolute Gasteiger partial charge is 0.508 e. The Labute approximate surface area is 133 Å². The summed E-state index contributed by atoms with van der Waals surface area (Å²) in [5, 5.41) is 20.4. The minimum atomic E-state index is -0.108. The van der Waals surface area contributed by atoms with E-state index in [4.69, 9.17) is 0 Å². The van der Waals surface area contributed by atoms with Crippen molar-refractivity contribution in [2.75, 3.05) is 0 Å². The van der Waals surface area contributed by atoms with Crippen LogP contribution < -0.4 is 0 Å². The van der Waals surface area contributed by atoms with Crippen molar-refractivity contribution in [3.8, 4) is 5.75 Å². The van der Waals surface area contributed by atoms with Crippen molar-refractivity contribution in [3.63, 3.8) is 0 Å². The number of rotatable bonds is 1. The highest BCUT2D eigenvalue weighted by Crippen LogP contribution is 2.68. The van der Waals surface area contributed by atoms with Crippen molar-refractivity contribution in [3.05, 3.63) is 29.3 Å². The molecule has 2 N–H and O–H groups in total. The number of hydrogen-bond acceptors (Lipinski definition) is 2. The molecule has 2 nitrogen and oxygen atoms in total. The van der Waals surface area contributed by atoms with Crippen molar-refractivity contribution >= 4 is 0 Å². The zero-order chi connectivity index (χ0) is 15.5. The molecule has 0 saturated heterocycles. The van der Waals surface area contributed by atoms with Gasteiger partial charge in [0.25, 0.3) is 0 Å². The number of fused-ring (bicyclic) bond motifs is 5. The van der Waals surface area contributed by atoms with E-state index in [0.29, 0.717) is 23.0 Å². The van der Waals surface area contributed by atoms with Crippen molar-refractivity contribution in [1.82, 2.24) is 0 Å². The normalized spacial score (nSPS) is 43.3. The Morgan fingerprint density at radius 1 is 1.18 bits per heavy atom. The minimum absolute atomic E-state index is 0.108. The minimum Gasteiger partial charge on any atom is -0.508 e. The van der Waals surface area contributed by atoms with Gasteiger partial charge in [0, 0.05) is 0 Å². The second-order valence-corrected chi connectivity index (χ2v) is 8.21. The fourth-order valence-electron chi connectivity index (χ4n) is 6.49. The summed E-state index contributed by atoms with van der Waals surface area (Å²) in [5.41, 5.74) is 3.32. The number of aliphatic hydroxyl groups is 1. The van der Waals surface area contributed by atoms with Gasteiger partial charge in [0.15, 0.2) is 0 Å². The Hall–Kier alpha value is -1.02. The van der Waals surface area contributed by atoms with Gasteiger partial charge in [-0.05, 0) is 90.9 Å². The molecule has 1 aromatic carbocycles. The van der Waals surface area contributed by atoms with E-state index in [2.05, 4.69) is 19.9 Å². The van der Waals surface area contributed by atoms with Crippen LogP contribution in [0.3, 0.4) is 0 Å². The van der Waals surface area contributed by atoms with Crippen LogP contribution in [0.5, 0.6) is 5.75 Å². The Morgan fingerprint density at radius 2 is 2.00 bits per heavy atom. The Bertz CT molecular complexity index is 595. The van der Waals surface area contributed by atoms with Crippen LogP contribution in [0.4, 0.5) is 0 Å². The van der Waals surface area contributed by atoms with Gasteiger partial charge < -0.3 is 10.2 Å². The smallest absolute Gasteiger partial charge is 0.115 e. The van der Waals surface area contributed by atoms with E-state index < -0.39 is 0 Å². The van der Waals surface area contributed by atoms with Crippen LogP contribution in [0, 0.1) is 16.7 Å². The molecule has 1 aromatic rings. The summed E-state index contributed by atoms with van der Waals surface area (Å²) in [6.45, 7) is 4.70. The third-order valence-corrected chi connectivity index (χ3v) is 7.67. The highest BCUT2D eigenvalue weighted by Gasteiger charge is 2.60. The molecule has 0 heterocycles. The van der Waals surface area contributed by atoms with E-state index in [1.807, 2.05) is 12.1 Å². The third-order valence-electron chi connectivity index (χ3n) is 7.67. The molecule has 2 saturated carbocycles. The molecular weight excluding hydrogens is 272 g/mol. The van der Waals surface area contributed by atoms with Gasteiger partial charge in [-0.1, -0.05) is 19.9 Å². The zero-order valence-electron chi connectivity index (χ0n) is 13.8. The second-order valence-electron chi connectivity index (χ2n) is 8.21. The van der Waals surface area contributed by atoms with Gasteiger partial charge in [-0.2, -0.15) is 0 Å². The average molecular weight is 300 g/mol. The first kappa shape index (κ1) is 14.6. The summed E-state index contributed by atoms with van der Waals surface area (Å²) in [4.78, 5) is 0. The van der Waals surface area contributed by atoms with Crippen molar-refractivity contribution in [2.24, 2.45) is 16.7 Å². The van der Waals surface area contributed by atoms with Gasteiger partial charge >= 0.3 is 0 Å². The quantitative estimate of drug-likeness (QED) is 0.807. The van der Waals surface area contributed by atoms with E-state index in [0.717, 1.165) is 19.3 Å². The number of phenolic OH excluding ortho intramolecular Hbond substituents is 1. The van der Waals surface area contributed by atoms with Crippen LogP contribution in [0.2, 0.25) is 0 Å². The van der Waals surface area contributed by atoms with Gasteiger partial charge in [0.2, 0.25) is 0 Å². The Morgan fingerprint density at radius 3 is 2.77 bits per heavy atom. The van der Waals surface area contributed by atoms with Gasteiger partial charge in [-0.25, -0.2) is 0 Å². The molecule has 3 aliphatic carbocycles. The fourth-order valence-corrected chi connectivity index (χ4v) is 6.49. The summed E-state index contributed by atoms with van der Waals surface area (Å²) in [7, 11) is 0. The molecule has 0 spiro atoms. The van der Waals surface area contributed by atoms with Crippen LogP contribution in [0.15, 0.2) is 18.2 Å². The molecule has 0 amide bonds. The lowest BCUT2D eigenvalue weighted by Gasteiger charge is -2.58. The second kappa shape index (κ2) is 4.74. The van der Waals surface area contributed by atoms with Gasteiger partial charge in [0.1, 0.15) is 5.75 Å². The molecule has 0 aliphatic heterocycles. The molecule has 0 radical (unpaired) electrons. The fraction of sp³-hybridized carbons (Fsp3) is 0.700. The maximum atomic E-state index is 10.6. The molecule has 0 bridgehead atoms. The first-order valence-electron chi connectivity index (χ1n) is 9.01. The number of phenols is 1. The summed E-state index contributed by atoms with van der Waals surface area (Å²) < 4.78 is 0. The van der Waals surface area contributed by atoms with Gasteiger partial charge in [-0.15, -0.1) is 0 Å². The number of hydrogen-bond donors (Lipinski definition) is 2. The van der Waals surface area contributed by atoms with Gasteiger partial charge in [0.05, 0.1) is 6.10 Å². The topological polar surface area (TPSA) is 40.5 Å². The first-order valence-corrected chi connectivity index (χ1v) is 9.01. The lowest BCUT2D eigenvalue weighted by Crippen LogP contribution is -2.51. The SMILES string of the molecule is CC[C@@]12CCc3cc(O)ccc3[C@H]1CC[C@@]1(C)[C@H]2CC[C@@H]1O. The molecule has 22 heavy (non-hydrogen) atoms. The molecule has 0 aromatic heterocycles. The molecule has 2 heteroatoms. The van der Waals surface area contributed by atoms with E-state index in [9.17, 15) is 10.2 Å². The van der Waals surface area contributed by atoms with Gasteiger partial charge in [-0.3, -0.25) is 0 Å². The summed E-state index contributed by atoms with van der Waals surface area (Å²) in [5.74, 6) is 1.67. The van der Waals surface area contributed by atoms with Crippen LogP contribution in [0.25, 0.3) is 0 Å². The van der Waals surface area contributed by atoms with E-state index >= 15 is 0 Å². The van der Waals surface area contributed by atoms with E-state index in [-0.39, 0.29) is 11.5 Å². The van der Waals surface area contributed by atoms with Crippen LogP contribution in [0.1, 0.15) is 69.4 Å². The molecule has 5 atom stereocenters. The maximum Gasteiger partial charge on any atom is 0.115 e. The zero-order valence-corrected chi connectivity index (χ0v) is 13.8. The average Bonchev–Trinajstić information content (AvgIpc) is 2.82. The number of aromatic hydroxyl groups is 1. The lowest BCUT2D eigenvalue weighted by molar-refractivity contribution is -0.0775. The predicted molar refractivity (Wildman–Crippen MR) is 88.0 cm³/mol. The van der Waals surface area contributed by atoms with Crippen LogP contribution >= 0.6 is 0 Å². The molecule has 2 fully saturated rings. The molecule has 4 rings (SSSR count). The first-order chi connectivity index (χ1) is 10.5.